The molecule has 1 aliphatic rings. The summed E-state index contributed by atoms with van der Waals surface area (Å²) in [6.45, 7) is 0. The van der Waals surface area contributed by atoms with Crippen LogP contribution in [0.15, 0.2) is 24.4 Å². The number of hydrogen-bond acceptors (Lipinski definition) is 3. The van der Waals surface area contributed by atoms with Crippen LogP contribution in [0.25, 0.3) is 11.3 Å². The van der Waals surface area contributed by atoms with E-state index >= 15 is 0 Å². The minimum Gasteiger partial charge on any atom is -0.383 e. The van der Waals surface area contributed by atoms with Crippen molar-refractivity contribution in [1.29, 1.82) is 0 Å². The highest BCUT2D eigenvalue weighted by molar-refractivity contribution is 5.73. The largest absolute Gasteiger partial charge is 0.383 e. The van der Waals surface area contributed by atoms with Crippen LogP contribution in [0.1, 0.15) is 44.2 Å². The Morgan fingerprint density at radius 1 is 1.19 bits per heavy atom. The van der Waals surface area contributed by atoms with Crippen molar-refractivity contribution in [1.82, 2.24) is 14.8 Å². The van der Waals surface area contributed by atoms with Crippen LogP contribution in [0.4, 0.5) is 5.82 Å². The van der Waals surface area contributed by atoms with E-state index in [4.69, 9.17) is 5.73 Å². The molecule has 0 aliphatic heterocycles. The van der Waals surface area contributed by atoms with Crippen molar-refractivity contribution in [3.8, 4) is 11.3 Å². The van der Waals surface area contributed by atoms with Crippen molar-refractivity contribution in [2.75, 3.05) is 5.73 Å². The average Bonchev–Trinajstić information content (AvgIpc) is 2.69. The Morgan fingerprint density at radius 2 is 1.95 bits per heavy atom. The molecule has 1 saturated carbocycles. The summed E-state index contributed by atoms with van der Waals surface area (Å²) in [5.41, 5.74) is 9.31. The van der Waals surface area contributed by atoms with Crippen LogP contribution >= 0.6 is 0 Å². The van der Waals surface area contributed by atoms with Gasteiger partial charge in [0, 0.05) is 13.2 Å². The molecule has 0 aromatic carbocycles. The molecule has 2 N–H and O–H groups in total. The number of nitrogen functional groups attached to an aromatic ring is 1. The zero-order valence-electron chi connectivity index (χ0n) is 12.8. The van der Waals surface area contributed by atoms with Gasteiger partial charge < -0.3 is 5.73 Å². The summed E-state index contributed by atoms with van der Waals surface area (Å²) in [6, 6.07) is 5.95. The molecule has 21 heavy (non-hydrogen) atoms. The maximum Gasteiger partial charge on any atom is 0.131 e. The topological polar surface area (TPSA) is 56.7 Å². The van der Waals surface area contributed by atoms with Gasteiger partial charge in [-0.3, -0.25) is 9.67 Å². The summed E-state index contributed by atoms with van der Waals surface area (Å²) in [7, 11) is 1.92. The van der Waals surface area contributed by atoms with Crippen molar-refractivity contribution < 1.29 is 0 Å². The molecule has 2 heterocycles. The van der Waals surface area contributed by atoms with Gasteiger partial charge in [-0.25, -0.2) is 0 Å². The van der Waals surface area contributed by atoms with E-state index in [0.717, 1.165) is 35.1 Å². The first-order valence-electron chi connectivity index (χ1n) is 7.98. The Morgan fingerprint density at radius 3 is 2.62 bits per heavy atom. The van der Waals surface area contributed by atoms with Gasteiger partial charge in [-0.1, -0.05) is 44.6 Å². The Hall–Kier alpha value is -1.84. The molecule has 0 unspecified atom stereocenters. The van der Waals surface area contributed by atoms with E-state index < -0.39 is 0 Å². The van der Waals surface area contributed by atoms with Gasteiger partial charge in [-0.2, -0.15) is 5.10 Å². The first kappa shape index (κ1) is 14.1. The van der Waals surface area contributed by atoms with Crippen LogP contribution in [0, 0.1) is 5.92 Å². The molecule has 3 rings (SSSR count). The molecule has 0 amide bonds. The summed E-state index contributed by atoms with van der Waals surface area (Å²) in [4.78, 5) is 4.46. The third kappa shape index (κ3) is 3.09. The molecule has 2 aromatic heterocycles. The first-order chi connectivity index (χ1) is 10.3. The smallest absolute Gasteiger partial charge is 0.131 e. The summed E-state index contributed by atoms with van der Waals surface area (Å²) >= 11 is 0. The molecule has 4 nitrogen and oxygen atoms in total. The molecule has 4 heteroatoms. The van der Waals surface area contributed by atoms with Crippen molar-refractivity contribution >= 4 is 5.82 Å². The van der Waals surface area contributed by atoms with Crippen LogP contribution in [0.3, 0.4) is 0 Å². The summed E-state index contributed by atoms with van der Waals surface area (Å²) < 4.78 is 1.79. The lowest BCUT2D eigenvalue weighted by atomic mass is 9.93. The van der Waals surface area contributed by atoms with Gasteiger partial charge in [-0.05, 0) is 24.5 Å². The average molecular weight is 284 g/mol. The Bertz CT molecular complexity index is 580. The van der Waals surface area contributed by atoms with Crippen LogP contribution in [-0.2, 0) is 13.5 Å². The van der Waals surface area contributed by atoms with Gasteiger partial charge in [0.25, 0.3) is 0 Å². The lowest BCUT2D eigenvalue weighted by Crippen LogP contribution is -2.05. The third-order valence-electron chi connectivity index (χ3n) is 4.54. The predicted octanol–water partition coefficient (Wildman–Crippen LogP) is 3.58. The normalized spacial score (nSPS) is 16.8. The van der Waals surface area contributed by atoms with E-state index in [0.29, 0.717) is 0 Å². The maximum absolute atomic E-state index is 6.23. The third-order valence-corrected chi connectivity index (χ3v) is 4.54. The lowest BCUT2D eigenvalue weighted by Gasteiger charge is -2.13. The first-order valence-corrected chi connectivity index (χ1v) is 7.98. The van der Waals surface area contributed by atoms with E-state index in [2.05, 4.69) is 10.1 Å². The van der Waals surface area contributed by atoms with Gasteiger partial charge in [0.2, 0.25) is 0 Å². The van der Waals surface area contributed by atoms with Gasteiger partial charge in [0.05, 0.1) is 17.0 Å². The van der Waals surface area contributed by atoms with E-state index in [1.54, 1.807) is 4.68 Å². The number of pyridine rings is 1. The molecular weight excluding hydrogens is 260 g/mol. The SMILES string of the molecule is Cn1nc(CC2CCCCCC2)c(-c2ccccn2)c1N. The molecule has 1 fully saturated rings. The highest BCUT2D eigenvalue weighted by Gasteiger charge is 2.21. The van der Waals surface area contributed by atoms with E-state index in [1.165, 1.54) is 38.5 Å². The molecule has 2 aromatic rings. The number of nitrogens with zero attached hydrogens (tertiary/aromatic N) is 3. The molecule has 112 valence electrons. The second kappa shape index (κ2) is 6.29. The van der Waals surface area contributed by atoms with Gasteiger partial charge >= 0.3 is 0 Å². The van der Waals surface area contributed by atoms with Crippen LogP contribution in [0.2, 0.25) is 0 Å². The van der Waals surface area contributed by atoms with Gasteiger partial charge in [0.1, 0.15) is 5.82 Å². The highest BCUT2D eigenvalue weighted by Crippen LogP contribution is 2.32. The molecule has 0 radical (unpaired) electrons. The standard InChI is InChI=1S/C17H24N4/c1-21-17(18)16(14-10-6-7-11-19-14)15(20-21)12-13-8-4-2-3-5-9-13/h6-7,10-11,13H,2-5,8-9,12,18H2,1H3. The number of hydrogen-bond donors (Lipinski definition) is 1. The maximum atomic E-state index is 6.23. The molecular formula is C17H24N4. The zero-order chi connectivity index (χ0) is 14.7. The molecule has 0 bridgehead atoms. The Labute approximate surface area is 126 Å². The van der Waals surface area contributed by atoms with Gasteiger partial charge in [0.15, 0.2) is 0 Å². The van der Waals surface area contributed by atoms with E-state index in [1.807, 2.05) is 31.4 Å². The van der Waals surface area contributed by atoms with Crippen molar-refractivity contribution in [3.63, 3.8) is 0 Å². The summed E-state index contributed by atoms with van der Waals surface area (Å²) in [5, 5.41) is 4.66. The van der Waals surface area contributed by atoms with Crippen molar-refractivity contribution in [2.45, 2.75) is 44.9 Å². The minimum absolute atomic E-state index is 0.720. The van der Waals surface area contributed by atoms with Crippen LogP contribution < -0.4 is 5.73 Å². The van der Waals surface area contributed by atoms with Crippen molar-refractivity contribution in [3.05, 3.63) is 30.1 Å². The second-order valence-electron chi connectivity index (χ2n) is 6.11. The fraction of sp³-hybridized carbons (Fsp3) is 0.529. The van der Waals surface area contributed by atoms with E-state index in [-0.39, 0.29) is 0 Å². The number of anilines is 1. The predicted molar refractivity (Wildman–Crippen MR) is 85.7 cm³/mol. The van der Waals surface area contributed by atoms with Crippen LogP contribution in [-0.4, -0.2) is 14.8 Å². The Kier molecular flexibility index (Phi) is 4.23. The lowest BCUT2D eigenvalue weighted by molar-refractivity contribution is 0.451. The van der Waals surface area contributed by atoms with Gasteiger partial charge in [-0.15, -0.1) is 0 Å². The number of aromatic nitrogens is 3. The van der Waals surface area contributed by atoms with Crippen molar-refractivity contribution in [2.24, 2.45) is 13.0 Å². The zero-order valence-corrected chi connectivity index (χ0v) is 12.8. The minimum atomic E-state index is 0.720. The quantitative estimate of drug-likeness (QED) is 0.876. The van der Waals surface area contributed by atoms with E-state index in [9.17, 15) is 0 Å². The van der Waals surface area contributed by atoms with Crippen LogP contribution in [0.5, 0.6) is 0 Å². The summed E-state index contributed by atoms with van der Waals surface area (Å²) in [6.07, 6.45) is 10.9. The Balaban J connectivity index is 1.89. The molecule has 0 saturated heterocycles. The fourth-order valence-corrected chi connectivity index (χ4v) is 3.37. The number of aryl methyl sites for hydroxylation is 1. The number of rotatable bonds is 3. The second-order valence-corrected chi connectivity index (χ2v) is 6.11. The number of nitrogens with two attached hydrogens (primary N) is 1. The monoisotopic (exact) mass is 284 g/mol. The fourth-order valence-electron chi connectivity index (χ4n) is 3.37. The summed E-state index contributed by atoms with van der Waals surface area (Å²) in [5.74, 6) is 1.46. The molecule has 0 atom stereocenters. The highest BCUT2D eigenvalue weighted by atomic mass is 15.3. The molecule has 0 spiro atoms. The molecule has 1 aliphatic carbocycles.